The molecule has 0 bridgehead atoms. The zero-order chi connectivity index (χ0) is 12.3. The molecular formula is C8H18N4O5. The molecular weight excluding hydrogens is 232 g/mol. The number of aliphatic hydroxyl groups excluding tert-OH is 1. The molecule has 0 spiro atoms. The van der Waals surface area contributed by atoms with E-state index in [1.165, 1.54) is 6.20 Å². The van der Waals surface area contributed by atoms with Crippen molar-refractivity contribution in [1.82, 2.24) is 16.1 Å². The Labute approximate surface area is 98.2 Å². The molecule has 0 saturated carbocycles. The van der Waals surface area contributed by atoms with Crippen LogP contribution in [-0.2, 0) is 4.79 Å². The van der Waals surface area contributed by atoms with E-state index in [0.717, 1.165) is 12.8 Å². The Hall–Kier alpha value is -2.10. The van der Waals surface area contributed by atoms with Gasteiger partial charge in [0.15, 0.2) is 0 Å². The third-order valence-corrected chi connectivity index (χ3v) is 1.02. The summed E-state index contributed by atoms with van der Waals surface area (Å²) in [5.74, 6) is -0.524. The molecule has 9 nitrogen and oxygen atoms in total. The zero-order valence-corrected chi connectivity index (χ0v) is 9.62. The summed E-state index contributed by atoms with van der Waals surface area (Å²) >= 11 is 0. The molecule has 0 aliphatic rings. The predicted molar refractivity (Wildman–Crippen MR) is 60.8 cm³/mol. The Bertz CT molecular complexity index is 308. The minimum absolute atomic E-state index is 0. The fourth-order valence-electron chi connectivity index (χ4n) is 0.568. The Morgan fingerprint density at radius 3 is 2.12 bits per heavy atom. The van der Waals surface area contributed by atoms with Gasteiger partial charge < -0.3 is 27.6 Å². The second kappa shape index (κ2) is 16.3. The Kier molecular flexibility index (Phi) is 23.3. The van der Waals surface area contributed by atoms with Crippen LogP contribution in [0.4, 0.5) is 0 Å². The van der Waals surface area contributed by atoms with Crippen LogP contribution in [0.3, 0.4) is 0 Å². The van der Waals surface area contributed by atoms with Gasteiger partial charge in [0, 0.05) is 19.0 Å². The van der Waals surface area contributed by atoms with E-state index < -0.39 is 5.91 Å². The van der Waals surface area contributed by atoms with Gasteiger partial charge in [-0.1, -0.05) is 0 Å². The maximum atomic E-state index is 10.5. The number of aliphatic hydroxyl groups is 1. The van der Waals surface area contributed by atoms with Gasteiger partial charge in [-0.15, -0.1) is 0 Å². The minimum atomic E-state index is -0.594. The summed E-state index contributed by atoms with van der Waals surface area (Å²) in [6, 6.07) is 1.70. The molecule has 1 amide bonds. The van der Waals surface area contributed by atoms with Gasteiger partial charge in [-0.3, -0.25) is 9.59 Å². The number of hydrogen-bond donors (Lipinski definition) is 4. The number of carboxylic acid groups (broad SMARTS) is 1. The van der Waals surface area contributed by atoms with Crippen LogP contribution in [-0.4, -0.2) is 45.1 Å². The van der Waals surface area contributed by atoms with Gasteiger partial charge in [-0.25, -0.2) is 9.97 Å². The summed E-state index contributed by atoms with van der Waals surface area (Å²) in [4.78, 5) is 26.3. The van der Waals surface area contributed by atoms with Gasteiger partial charge in [-0.2, -0.15) is 0 Å². The SMILES string of the molecule is CO.Cc1ccnc(C(N)=O)n1.N.O.O=CO. The Balaban J connectivity index is -0.000000106. The highest BCUT2D eigenvalue weighted by molar-refractivity contribution is 5.88. The average molecular weight is 250 g/mol. The second-order valence-electron chi connectivity index (χ2n) is 1.99. The van der Waals surface area contributed by atoms with E-state index in [1.54, 1.807) is 13.0 Å². The number of rotatable bonds is 1. The molecule has 1 heterocycles. The minimum Gasteiger partial charge on any atom is -0.483 e. The lowest BCUT2D eigenvalue weighted by Crippen LogP contribution is -2.15. The quantitative estimate of drug-likeness (QED) is 0.436. The number of nitrogens with two attached hydrogens (primary N) is 1. The number of aromatic nitrogens is 2. The number of hydrogen-bond acceptors (Lipinski definition) is 6. The summed E-state index contributed by atoms with van der Waals surface area (Å²) in [5, 5.41) is 13.9. The zero-order valence-electron chi connectivity index (χ0n) is 9.62. The predicted octanol–water partition coefficient (Wildman–Crippen LogP) is -1.47. The van der Waals surface area contributed by atoms with Crippen LogP contribution in [0.2, 0.25) is 0 Å². The van der Waals surface area contributed by atoms with E-state index in [4.69, 9.17) is 20.7 Å². The van der Waals surface area contributed by atoms with Crippen LogP contribution in [0.5, 0.6) is 0 Å². The molecule has 0 aromatic carbocycles. The van der Waals surface area contributed by atoms with Crippen molar-refractivity contribution in [2.75, 3.05) is 7.11 Å². The van der Waals surface area contributed by atoms with Crippen LogP contribution in [0, 0.1) is 6.92 Å². The van der Waals surface area contributed by atoms with Crippen LogP contribution >= 0.6 is 0 Å². The number of amides is 1. The fraction of sp³-hybridized carbons (Fsp3) is 0.250. The second-order valence-corrected chi connectivity index (χ2v) is 1.99. The van der Waals surface area contributed by atoms with Crippen LogP contribution in [0.25, 0.3) is 0 Å². The van der Waals surface area contributed by atoms with Crippen molar-refractivity contribution in [2.45, 2.75) is 6.92 Å². The van der Waals surface area contributed by atoms with E-state index in [-0.39, 0.29) is 23.9 Å². The number of aryl methyl sites for hydroxylation is 1. The number of carbonyl (C=O) groups excluding carboxylic acids is 1. The lowest BCUT2D eigenvalue weighted by atomic mass is 10.4. The standard InChI is InChI=1S/C6H7N3O.CH2O2.CH4O.H3N.H2O/c1-4-2-3-8-6(9-4)5(7)10;2-1-3;1-2;;/h2-3H,1H3,(H2,7,10);1H,(H,2,3);2H,1H3;1H3;1H2. The van der Waals surface area contributed by atoms with E-state index in [2.05, 4.69) is 9.97 Å². The molecule has 0 atom stereocenters. The van der Waals surface area contributed by atoms with Gasteiger partial charge in [0.1, 0.15) is 0 Å². The first-order chi connectivity index (χ1) is 7.11. The van der Waals surface area contributed by atoms with Crippen molar-refractivity contribution in [3.8, 4) is 0 Å². The highest BCUT2D eigenvalue weighted by Crippen LogP contribution is 1.90. The van der Waals surface area contributed by atoms with Crippen molar-refractivity contribution < 1.29 is 25.3 Å². The Morgan fingerprint density at radius 1 is 1.47 bits per heavy atom. The lowest BCUT2D eigenvalue weighted by molar-refractivity contribution is -0.122. The summed E-state index contributed by atoms with van der Waals surface area (Å²) in [6.45, 7) is 1.52. The molecule has 1 aromatic rings. The molecule has 17 heavy (non-hydrogen) atoms. The first-order valence-electron chi connectivity index (χ1n) is 3.73. The maximum absolute atomic E-state index is 10.5. The smallest absolute Gasteiger partial charge is 0.290 e. The number of primary amides is 1. The summed E-state index contributed by atoms with van der Waals surface area (Å²) in [7, 11) is 1.00. The first kappa shape index (κ1) is 24.2. The van der Waals surface area contributed by atoms with Crippen LogP contribution < -0.4 is 11.9 Å². The Morgan fingerprint density at radius 2 is 1.88 bits per heavy atom. The van der Waals surface area contributed by atoms with E-state index in [0.29, 0.717) is 0 Å². The van der Waals surface area contributed by atoms with Crippen molar-refractivity contribution in [2.24, 2.45) is 5.73 Å². The molecule has 0 fully saturated rings. The molecule has 0 unspecified atom stereocenters. The summed E-state index contributed by atoms with van der Waals surface area (Å²) in [5.41, 5.74) is 5.66. The monoisotopic (exact) mass is 250 g/mol. The van der Waals surface area contributed by atoms with Gasteiger partial charge in [0.25, 0.3) is 12.4 Å². The van der Waals surface area contributed by atoms with Crippen molar-refractivity contribution in [3.05, 3.63) is 23.8 Å². The number of nitrogens with zero attached hydrogens (tertiary/aromatic N) is 2. The molecule has 0 aliphatic heterocycles. The number of carbonyl (C=O) groups is 2. The third-order valence-electron chi connectivity index (χ3n) is 1.02. The van der Waals surface area contributed by atoms with Gasteiger partial charge >= 0.3 is 0 Å². The highest BCUT2D eigenvalue weighted by Gasteiger charge is 2.01. The van der Waals surface area contributed by atoms with E-state index >= 15 is 0 Å². The molecule has 0 radical (unpaired) electrons. The molecule has 9 N–H and O–H groups in total. The van der Waals surface area contributed by atoms with Crippen molar-refractivity contribution in [3.63, 3.8) is 0 Å². The van der Waals surface area contributed by atoms with Crippen molar-refractivity contribution in [1.29, 1.82) is 0 Å². The van der Waals surface area contributed by atoms with Crippen LogP contribution in [0.15, 0.2) is 12.3 Å². The topological polar surface area (TPSA) is 193 Å². The maximum Gasteiger partial charge on any atom is 0.290 e. The molecule has 1 rings (SSSR count). The first-order valence-corrected chi connectivity index (χ1v) is 3.73. The summed E-state index contributed by atoms with van der Waals surface area (Å²) < 4.78 is 0. The molecule has 9 heteroatoms. The van der Waals surface area contributed by atoms with Crippen molar-refractivity contribution >= 4 is 12.4 Å². The van der Waals surface area contributed by atoms with E-state index in [9.17, 15) is 4.79 Å². The van der Waals surface area contributed by atoms with Gasteiger partial charge in [0.05, 0.1) is 0 Å². The molecule has 0 saturated heterocycles. The highest BCUT2D eigenvalue weighted by atomic mass is 16.3. The van der Waals surface area contributed by atoms with E-state index in [1.807, 2.05) is 0 Å². The van der Waals surface area contributed by atoms with Gasteiger partial charge in [0.2, 0.25) is 5.82 Å². The normalized spacial score (nSPS) is 6.53. The van der Waals surface area contributed by atoms with Gasteiger partial charge in [-0.05, 0) is 13.0 Å². The third kappa shape index (κ3) is 13.9. The average Bonchev–Trinajstić information content (AvgIpc) is 2.22. The summed E-state index contributed by atoms with van der Waals surface area (Å²) in [6.07, 6.45) is 1.50. The lowest BCUT2D eigenvalue weighted by Gasteiger charge is -1.92. The molecule has 0 aliphatic carbocycles. The molecule has 1 aromatic heterocycles. The fourth-order valence-corrected chi connectivity index (χ4v) is 0.568. The largest absolute Gasteiger partial charge is 0.483 e. The molecule has 100 valence electrons. The van der Waals surface area contributed by atoms with Crippen LogP contribution in [0.1, 0.15) is 16.3 Å².